The van der Waals surface area contributed by atoms with E-state index in [0.717, 1.165) is 18.4 Å². The third-order valence-electron chi connectivity index (χ3n) is 4.14. The van der Waals surface area contributed by atoms with Crippen LogP contribution >= 0.6 is 0 Å². The monoisotopic (exact) mass is 244 g/mol. The molecule has 1 aromatic carbocycles. The summed E-state index contributed by atoms with van der Waals surface area (Å²) in [5.41, 5.74) is 0.521. The van der Waals surface area contributed by atoms with Crippen LogP contribution in [0.15, 0.2) is 30.3 Å². The Morgan fingerprint density at radius 2 is 2.00 bits per heavy atom. The molecule has 0 spiro atoms. The Balaban J connectivity index is 1.94. The van der Waals surface area contributed by atoms with Gasteiger partial charge < -0.3 is 4.74 Å². The number of ether oxygens (including phenoxy) is 1. The molecule has 3 rings (SSSR count). The number of rotatable bonds is 2. The highest BCUT2D eigenvalue weighted by Gasteiger charge is 2.55. The zero-order valence-corrected chi connectivity index (χ0v) is 10.2. The normalized spacial score (nSPS) is 31.0. The molecule has 1 aliphatic heterocycles. The molecule has 0 bridgehead atoms. The van der Waals surface area contributed by atoms with Crippen molar-refractivity contribution >= 4 is 11.8 Å². The van der Waals surface area contributed by atoms with Crippen molar-refractivity contribution in [1.29, 1.82) is 0 Å². The topological polar surface area (TPSA) is 43.4 Å². The van der Waals surface area contributed by atoms with Crippen molar-refractivity contribution in [3.63, 3.8) is 0 Å². The molecular weight excluding hydrogens is 228 g/mol. The summed E-state index contributed by atoms with van der Waals surface area (Å²) in [5.74, 6) is -0.0142. The van der Waals surface area contributed by atoms with Crippen molar-refractivity contribution in [2.24, 2.45) is 5.41 Å². The number of hydrogen-bond acceptors (Lipinski definition) is 3. The summed E-state index contributed by atoms with van der Waals surface area (Å²) in [5, 5.41) is 0. The number of Topliss-reactive ketones (excluding diaryl/α,β-unsaturated/α-hetero) is 1. The van der Waals surface area contributed by atoms with E-state index >= 15 is 0 Å². The first-order chi connectivity index (χ1) is 8.71. The Morgan fingerprint density at radius 3 is 2.78 bits per heavy atom. The van der Waals surface area contributed by atoms with Crippen LogP contribution in [0.5, 0.6) is 0 Å². The Morgan fingerprint density at radius 1 is 1.22 bits per heavy atom. The molecule has 3 heteroatoms. The van der Waals surface area contributed by atoms with Gasteiger partial charge in [0.25, 0.3) is 0 Å². The van der Waals surface area contributed by atoms with Crippen LogP contribution in [0.25, 0.3) is 0 Å². The van der Waals surface area contributed by atoms with Gasteiger partial charge in [0, 0.05) is 6.42 Å². The van der Waals surface area contributed by atoms with E-state index in [2.05, 4.69) is 0 Å². The number of benzene rings is 1. The van der Waals surface area contributed by atoms with Crippen LogP contribution < -0.4 is 0 Å². The predicted octanol–water partition coefficient (Wildman–Crippen LogP) is 2.28. The molecule has 2 atom stereocenters. The Kier molecular flexibility index (Phi) is 2.69. The van der Waals surface area contributed by atoms with Crippen molar-refractivity contribution in [1.82, 2.24) is 0 Å². The highest BCUT2D eigenvalue weighted by atomic mass is 16.6. The molecule has 1 aromatic rings. The van der Waals surface area contributed by atoms with Crippen LogP contribution in [0.4, 0.5) is 0 Å². The second kappa shape index (κ2) is 4.23. The summed E-state index contributed by atoms with van der Waals surface area (Å²) in [7, 11) is 0. The zero-order chi connectivity index (χ0) is 12.6. The molecule has 1 saturated heterocycles. The fourth-order valence-corrected chi connectivity index (χ4v) is 3.23. The number of carbonyl (C=O) groups excluding carboxylic acids is 2. The molecule has 0 aromatic heterocycles. The zero-order valence-electron chi connectivity index (χ0n) is 10.2. The van der Waals surface area contributed by atoms with E-state index in [1.165, 1.54) is 0 Å². The van der Waals surface area contributed by atoms with E-state index in [9.17, 15) is 9.59 Å². The number of ketones is 1. The summed E-state index contributed by atoms with van der Waals surface area (Å²) < 4.78 is 5.35. The molecule has 1 saturated carbocycles. The summed E-state index contributed by atoms with van der Waals surface area (Å²) >= 11 is 0. The average molecular weight is 244 g/mol. The quantitative estimate of drug-likeness (QED) is 0.750. The van der Waals surface area contributed by atoms with Gasteiger partial charge in [0.05, 0.1) is 11.8 Å². The molecule has 1 aliphatic carbocycles. The van der Waals surface area contributed by atoms with Crippen molar-refractivity contribution in [3.8, 4) is 0 Å². The lowest BCUT2D eigenvalue weighted by atomic mass is 9.67. The van der Waals surface area contributed by atoms with Gasteiger partial charge in [-0.2, -0.15) is 0 Å². The number of carbonyl (C=O) groups is 2. The fourth-order valence-electron chi connectivity index (χ4n) is 3.23. The lowest BCUT2D eigenvalue weighted by molar-refractivity contribution is -0.144. The van der Waals surface area contributed by atoms with Crippen LogP contribution in [0.3, 0.4) is 0 Å². The minimum Gasteiger partial charge on any atom is -0.461 e. The summed E-state index contributed by atoms with van der Waals surface area (Å²) in [6.45, 7) is 0. The maximum Gasteiger partial charge on any atom is 0.307 e. The van der Waals surface area contributed by atoms with Gasteiger partial charge in [-0.05, 0) is 24.8 Å². The molecule has 0 radical (unpaired) electrons. The van der Waals surface area contributed by atoms with Gasteiger partial charge >= 0.3 is 5.97 Å². The van der Waals surface area contributed by atoms with Gasteiger partial charge in [-0.1, -0.05) is 30.3 Å². The molecule has 1 heterocycles. The van der Waals surface area contributed by atoms with E-state index in [1.54, 1.807) is 0 Å². The maximum absolute atomic E-state index is 12.3. The third-order valence-corrected chi connectivity index (χ3v) is 4.14. The Hall–Kier alpha value is -1.64. The van der Waals surface area contributed by atoms with Gasteiger partial charge in [-0.15, -0.1) is 0 Å². The highest BCUT2D eigenvalue weighted by Crippen LogP contribution is 2.46. The summed E-state index contributed by atoms with van der Waals surface area (Å²) in [6, 6.07) is 9.91. The fraction of sp³-hybridized carbons (Fsp3) is 0.467. The van der Waals surface area contributed by atoms with Gasteiger partial charge in [-0.3, -0.25) is 9.59 Å². The highest BCUT2D eigenvalue weighted by molar-refractivity contribution is 5.93. The average Bonchev–Trinajstić information content (AvgIpc) is 2.68. The minimum absolute atomic E-state index is 0.202. The number of hydrogen-bond donors (Lipinski definition) is 0. The van der Waals surface area contributed by atoms with Crippen LogP contribution in [0.2, 0.25) is 0 Å². The van der Waals surface area contributed by atoms with E-state index in [1.807, 2.05) is 30.3 Å². The predicted molar refractivity (Wildman–Crippen MR) is 65.9 cm³/mol. The van der Waals surface area contributed by atoms with Crippen LogP contribution in [-0.4, -0.2) is 17.9 Å². The van der Waals surface area contributed by atoms with E-state index in [0.29, 0.717) is 12.8 Å². The van der Waals surface area contributed by atoms with Gasteiger partial charge in [0.15, 0.2) is 0 Å². The lowest BCUT2D eigenvalue weighted by Crippen LogP contribution is -2.44. The lowest BCUT2D eigenvalue weighted by Gasteiger charge is -2.35. The first-order valence-corrected chi connectivity index (χ1v) is 6.47. The first-order valence-electron chi connectivity index (χ1n) is 6.47. The Bertz CT molecular complexity index is 480. The number of fused-ring (bicyclic) bond motifs is 1. The maximum atomic E-state index is 12.3. The minimum atomic E-state index is -0.587. The molecule has 2 aliphatic rings. The molecule has 0 N–H and O–H groups in total. The van der Waals surface area contributed by atoms with Gasteiger partial charge in [-0.25, -0.2) is 0 Å². The third kappa shape index (κ3) is 1.74. The van der Waals surface area contributed by atoms with Crippen LogP contribution in [0.1, 0.15) is 31.2 Å². The van der Waals surface area contributed by atoms with Crippen molar-refractivity contribution in [3.05, 3.63) is 35.9 Å². The molecule has 94 valence electrons. The second-order valence-corrected chi connectivity index (χ2v) is 5.29. The van der Waals surface area contributed by atoms with Gasteiger partial charge in [0.2, 0.25) is 0 Å². The number of esters is 1. The standard InChI is InChI=1S/C15H16O3/c16-12-7-4-8-13-15(12,10-14(17)18-13)9-11-5-2-1-3-6-11/h1-3,5-6,13H,4,7-10H2/t13-,15+/m0/s1. The van der Waals surface area contributed by atoms with Crippen molar-refractivity contribution in [2.45, 2.75) is 38.2 Å². The summed E-state index contributed by atoms with van der Waals surface area (Å²) in [4.78, 5) is 23.9. The van der Waals surface area contributed by atoms with Crippen LogP contribution in [-0.2, 0) is 20.7 Å². The molecular formula is C15H16O3. The van der Waals surface area contributed by atoms with Crippen molar-refractivity contribution < 1.29 is 14.3 Å². The Labute approximate surface area is 106 Å². The van der Waals surface area contributed by atoms with E-state index in [4.69, 9.17) is 4.74 Å². The smallest absolute Gasteiger partial charge is 0.307 e. The SMILES string of the molecule is O=C1C[C@]2(Cc3ccccc3)C(=O)CCC[C@@H]2O1. The molecule has 18 heavy (non-hydrogen) atoms. The first kappa shape index (κ1) is 11.5. The molecule has 3 nitrogen and oxygen atoms in total. The summed E-state index contributed by atoms with van der Waals surface area (Å²) in [6.07, 6.45) is 2.93. The van der Waals surface area contributed by atoms with Gasteiger partial charge in [0.1, 0.15) is 11.9 Å². The molecule has 0 amide bonds. The molecule has 2 fully saturated rings. The largest absolute Gasteiger partial charge is 0.461 e. The van der Waals surface area contributed by atoms with E-state index < -0.39 is 5.41 Å². The van der Waals surface area contributed by atoms with Crippen LogP contribution in [0, 0.1) is 5.41 Å². The van der Waals surface area contributed by atoms with E-state index in [-0.39, 0.29) is 24.3 Å². The molecule has 0 unspecified atom stereocenters. The second-order valence-electron chi connectivity index (χ2n) is 5.29. The van der Waals surface area contributed by atoms with Crippen molar-refractivity contribution in [2.75, 3.05) is 0 Å².